The number of hydrogen-bond acceptors (Lipinski definition) is 4. The van der Waals surface area contributed by atoms with E-state index in [1.165, 1.54) is 13.8 Å². The van der Waals surface area contributed by atoms with Gasteiger partial charge in [-0.05, 0) is 29.7 Å². The number of fused-ring (bicyclic) bond motifs is 2. The molecule has 2 heterocycles. The molecule has 0 aliphatic carbocycles. The molecule has 0 spiro atoms. The van der Waals surface area contributed by atoms with Gasteiger partial charge < -0.3 is 30.4 Å². The summed E-state index contributed by atoms with van der Waals surface area (Å²) in [6.07, 6.45) is 5.83. The molecular formula is C32H38N4O6. The van der Waals surface area contributed by atoms with Crippen LogP contribution in [0, 0.1) is 0 Å². The molecule has 1 unspecified atom stereocenters. The summed E-state index contributed by atoms with van der Waals surface area (Å²) in [4.78, 5) is 51.3. The fourth-order valence-electron chi connectivity index (χ4n) is 5.75. The molecule has 0 radical (unpaired) electrons. The average Bonchev–Trinajstić information content (AvgIpc) is 3.48. The van der Waals surface area contributed by atoms with Gasteiger partial charge in [0.05, 0.1) is 6.04 Å². The number of carboxylic acids is 2. The largest absolute Gasteiger partial charge is 0.480 e. The zero-order chi connectivity index (χ0) is 30.4. The number of para-hydroxylation sites is 2. The number of carbonyl (C=O) groups is 4. The standard InChI is InChI=1S/C32H38N4O6/c1-4-5-6-15-29(30-24(17-27(32(41)42)34-20(3)38)23-12-7-9-13-25(23)35-30)36-18-21(22-11-8-10-14-28(22)36)16-26(31(39)40)33-19(2)37/h7-14,18,26-27,29,35H,4-6,15-17H2,1-3H3,(H,33,37)(H,34,38)(H,39,40)(H,41,42)/t26-,27-,29?/m0/s1. The van der Waals surface area contributed by atoms with E-state index in [0.29, 0.717) is 0 Å². The third kappa shape index (κ3) is 6.82. The van der Waals surface area contributed by atoms with Crippen LogP contribution in [0.5, 0.6) is 0 Å². The molecule has 0 bridgehead atoms. The number of nitrogens with one attached hydrogen (secondary N) is 3. The van der Waals surface area contributed by atoms with E-state index in [1.54, 1.807) is 0 Å². The molecule has 2 amide bonds. The first-order chi connectivity index (χ1) is 20.1. The molecule has 3 atom stereocenters. The highest BCUT2D eigenvalue weighted by molar-refractivity contribution is 5.89. The Bertz CT molecular complexity index is 1600. The summed E-state index contributed by atoms with van der Waals surface area (Å²) < 4.78 is 2.13. The van der Waals surface area contributed by atoms with Crippen molar-refractivity contribution >= 4 is 45.6 Å². The second kappa shape index (κ2) is 13.4. The van der Waals surface area contributed by atoms with E-state index in [9.17, 15) is 29.4 Å². The first kappa shape index (κ1) is 30.4. The summed E-state index contributed by atoms with van der Waals surface area (Å²) in [7, 11) is 0. The fraction of sp³-hybridized carbons (Fsp3) is 0.375. The second-order valence-electron chi connectivity index (χ2n) is 10.7. The Balaban J connectivity index is 1.89. The van der Waals surface area contributed by atoms with E-state index < -0.39 is 35.8 Å². The predicted octanol–water partition coefficient (Wildman–Crippen LogP) is 4.56. The van der Waals surface area contributed by atoms with Gasteiger partial charge in [0.1, 0.15) is 12.1 Å². The maximum atomic E-state index is 12.2. The van der Waals surface area contributed by atoms with Crippen LogP contribution in [0.2, 0.25) is 0 Å². The molecule has 4 aromatic rings. The summed E-state index contributed by atoms with van der Waals surface area (Å²) in [5.74, 6) is -3.07. The third-order valence-corrected chi connectivity index (χ3v) is 7.60. The van der Waals surface area contributed by atoms with Crippen LogP contribution in [0.25, 0.3) is 21.8 Å². The molecule has 42 heavy (non-hydrogen) atoms. The second-order valence-corrected chi connectivity index (χ2v) is 10.7. The highest BCUT2D eigenvalue weighted by Crippen LogP contribution is 2.36. The molecule has 0 aliphatic heterocycles. The smallest absolute Gasteiger partial charge is 0.326 e. The molecule has 10 heteroatoms. The number of aromatic amines is 1. The quantitative estimate of drug-likeness (QED) is 0.139. The molecule has 222 valence electrons. The highest BCUT2D eigenvalue weighted by atomic mass is 16.4. The molecule has 5 N–H and O–H groups in total. The van der Waals surface area contributed by atoms with Crippen LogP contribution >= 0.6 is 0 Å². The lowest BCUT2D eigenvalue weighted by molar-refractivity contribution is -0.141. The summed E-state index contributed by atoms with van der Waals surface area (Å²) in [6.45, 7) is 4.73. The molecule has 0 saturated heterocycles. The van der Waals surface area contributed by atoms with Gasteiger partial charge in [0.25, 0.3) is 0 Å². The van der Waals surface area contributed by atoms with Gasteiger partial charge in [0.2, 0.25) is 11.8 Å². The number of H-pyrrole nitrogens is 1. The van der Waals surface area contributed by atoms with Gasteiger partial charge in [0.15, 0.2) is 0 Å². The van der Waals surface area contributed by atoms with E-state index in [1.807, 2.05) is 54.7 Å². The van der Waals surface area contributed by atoms with E-state index in [2.05, 4.69) is 27.1 Å². The maximum Gasteiger partial charge on any atom is 0.326 e. The van der Waals surface area contributed by atoms with Crippen LogP contribution in [-0.4, -0.2) is 55.6 Å². The number of carbonyl (C=O) groups excluding carboxylic acids is 2. The Morgan fingerprint density at radius 3 is 2.05 bits per heavy atom. The van der Waals surface area contributed by atoms with Crippen molar-refractivity contribution < 1.29 is 29.4 Å². The number of aromatic nitrogens is 2. The van der Waals surface area contributed by atoms with E-state index in [0.717, 1.165) is 64.3 Å². The molecular weight excluding hydrogens is 536 g/mol. The van der Waals surface area contributed by atoms with Crippen molar-refractivity contribution in [3.63, 3.8) is 0 Å². The van der Waals surface area contributed by atoms with Gasteiger partial charge in [-0.15, -0.1) is 0 Å². The molecule has 0 fully saturated rings. The fourth-order valence-corrected chi connectivity index (χ4v) is 5.75. The molecule has 0 saturated carbocycles. The SMILES string of the molecule is CCCCCC(c1[nH]c2ccccc2c1C[C@H](NC(C)=O)C(=O)O)n1cc(C[C@H](NC(C)=O)C(=O)O)c2ccccc21. The summed E-state index contributed by atoms with van der Waals surface area (Å²) in [5.41, 5.74) is 4.22. The molecule has 4 rings (SSSR count). The van der Waals surface area contributed by atoms with Gasteiger partial charge in [-0.25, -0.2) is 9.59 Å². The first-order valence-electron chi connectivity index (χ1n) is 14.3. The van der Waals surface area contributed by atoms with Crippen molar-refractivity contribution in [1.82, 2.24) is 20.2 Å². The normalized spacial score (nSPS) is 13.5. The van der Waals surface area contributed by atoms with Crippen molar-refractivity contribution in [2.24, 2.45) is 0 Å². The lowest BCUT2D eigenvalue weighted by Crippen LogP contribution is -2.41. The monoisotopic (exact) mass is 574 g/mol. The average molecular weight is 575 g/mol. The highest BCUT2D eigenvalue weighted by Gasteiger charge is 2.29. The van der Waals surface area contributed by atoms with Gasteiger partial charge in [0, 0.05) is 60.4 Å². The van der Waals surface area contributed by atoms with Crippen LogP contribution in [0.4, 0.5) is 0 Å². The van der Waals surface area contributed by atoms with Crippen LogP contribution < -0.4 is 10.6 Å². The number of benzene rings is 2. The zero-order valence-electron chi connectivity index (χ0n) is 24.1. The first-order valence-corrected chi connectivity index (χ1v) is 14.3. The van der Waals surface area contributed by atoms with Crippen molar-refractivity contribution in [3.8, 4) is 0 Å². The van der Waals surface area contributed by atoms with Gasteiger partial charge in [-0.1, -0.05) is 62.6 Å². The van der Waals surface area contributed by atoms with Crippen LogP contribution in [0.1, 0.15) is 69.3 Å². The summed E-state index contributed by atoms with van der Waals surface area (Å²) in [6, 6.07) is 13.1. The van der Waals surface area contributed by atoms with Crippen molar-refractivity contribution in [3.05, 3.63) is 71.5 Å². The number of aliphatic carboxylic acids is 2. The van der Waals surface area contributed by atoms with Gasteiger partial charge in [-0.3, -0.25) is 9.59 Å². The van der Waals surface area contributed by atoms with Crippen molar-refractivity contribution in [1.29, 1.82) is 0 Å². The minimum absolute atomic E-state index is 0.0915. The number of rotatable bonds is 14. The minimum Gasteiger partial charge on any atom is -0.480 e. The summed E-state index contributed by atoms with van der Waals surface area (Å²) >= 11 is 0. The van der Waals surface area contributed by atoms with E-state index >= 15 is 0 Å². The van der Waals surface area contributed by atoms with E-state index in [4.69, 9.17) is 0 Å². The van der Waals surface area contributed by atoms with Crippen LogP contribution in [0.15, 0.2) is 54.7 Å². The number of amides is 2. The Kier molecular flexibility index (Phi) is 9.67. The zero-order valence-corrected chi connectivity index (χ0v) is 24.1. The third-order valence-electron chi connectivity index (χ3n) is 7.60. The number of carboxylic acid groups (broad SMARTS) is 2. The van der Waals surface area contributed by atoms with Gasteiger partial charge in [-0.2, -0.15) is 0 Å². The maximum absolute atomic E-state index is 12.2. The van der Waals surface area contributed by atoms with Crippen LogP contribution in [-0.2, 0) is 32.0 Å². The lowest BCUT2D eigenvalue weighted by Gasteiger charge is -2.23. The van der Waals surface area contributed by atoms with Crippen molar-refractivity contribution in [2.45, 2.75) is 77.4 Å². The van der Waals surface area contributed by atoms with E-state index in [-0.39, 0.29) is 18.9 Å². The Labute approximate surface area is 244 Å². The Morgan fingerprint density at radius 2 is 1.43 bits per heavy atom. The lowest BCUT2D eigenvalue weighted by atomic mass is 9.96. The number of unbranched alkanes of at least 4 members (excludes halogenated alkanes) is 2. The van der Waals surface area contributed by atoms with Crippen LogP contribution in [0.3, 0.4) is 0 Å². The molecule has 2 aromatic heterocycles. The number of nitrogens with zero attached hydrogens (tertiary/aromatic N) is 1. The summed E-state index contributed by atoms with van der Waals surface area (Å²) in [5, 5.41) is 26.6. The Hall–Kier alpha value is -4.60. The predicted molar refractivity (Wildman–Crippen MR) is 160 cm³/mol. The molecule has 10 nitrogen and oxygen atoms in total. The van der Waals surface area contributed by atoms with Gasteiger partial charge >= 0.3 is 11.9 Å². The number of hydrogen-bond donors (Lipinski definition) is 5. The topological polar surface area (TPSA) is 154 Å². The Morgan fingerprint density at radius 1 is 0.833 bits per heavy atom. The van der Waals surface area contributed by atoms with Crippen molar-refractivity contribution in [2.75, 3.05) is 0 Å². The minimum atomic E-state index is -1.12. The molecule has 0 aliphatic rings. The molecule has 2 aromatic carbocycles.